The molecule has 2 amide bonds. The molecule has 1 N–H and O–H groups in total. The third kappa shape index (κ3) is 3.28. The van der Waals surface area contributed by atoms with Crippen molar-refractivity contribution in [3.05, 3.63) is 62.1 Å². The van der Waals surface area contributed by atoms with Crippen molar-refractivity contribution in [2.24, 2.45) is 17.8 Å². The van der Waals surface area contributed by atoms with Crippen molar-refractivity contribution in [2.75, 3.05) is 0 Å². The normalized spacial score (nSPS) is 29.0. The van der Waals surface area contributed by atoms with Gasteiger partial charge in [0.2, 0.25) is 11.8 Å². The number of aromatic hydroxyl groups is 1. The number of carbonyl (C=O) groups excluding carboxylic acids is 4. The number of hydrogen-bond acceptors (Lipinski definition) is 5. The molecule has 0 radical (unpaired) electrons. The van der Waals surface area contributed by atoms with Gasteiger partial charge in [0.1, 0.15) is 5.75 Å². The van der Waals surface area contributed by atoms with Crippen LogP contribution < -0.4 is 0 Å². The number of carbonyl (C=O) groups is 4. The number of imide groups is 1. The Bertz CT molecular complexity index is 1280. The molecule has 3 aliphatic carbocycles. The van der Waals surface area contributed by atoms with E-state index in [-0.39, 0.29) is 45.1 Å². The third-order valence-electron chi connectivity index (χ3n) is 7.30. The number of phenols is 1. The highest BCUT2D eigenvalue weighted by molar-refractivity contribution is 9.12. The number of ketones is 2. The van der Waals surface area contributed by atoms with Gasteiger partial charge < -0.3 is 5.11 Å². The molecule has 1 heterocycles. The van der Waals surface area contributed by atoms with Crippen LogP contribution in [-0.4, -0.2) is 38.9 Å². The lowest BCUT2D eigenvalue weighted by Crippen LogP contribution is -2.46. The smallest absolute Gasteiger partial charge is 0.234 e. The van der Waals surface area contributed by atoms with Crippen LogP contribution in [0.4, 0.5) is 0 Å². The molecule has 0 aromatic heterocycles. The molecule has 176 valence electrons. The highest BCUT2D eigenvalue weighted by Crippen LogP contribution is 2.56. The fraction of sp³-hybridized carbons (Fsp3) is 0.385. The fourth-order valence-corrected chi connectivity index (χ4v) is 6.70. The Balaban J connectivity index is 1.70. The Kier molecular flexibility index (Phi) is 5.30. The van der Waals surface area contributed by atoms with E-state index < -0.39 is 29.2 Å². The number of Topliss-reactive ketones (excluding diaryl/α,β-unsaturated/α-hetero) is 1. The molecule has 1 aromatic rings. The largest absolute Gasteiger partial charge is 0.508 e. The van der Waals surface area contributed by atoms with Gasteiger partial charge in [-0.25, -0.2) is 0 Å². The summed E-state index contributed by atoms with van der Waals surface area (Å²) in [6.07, 6.45) is 3.82. The molecule has 4 atom stereocenters. The Labute approximate surface area is 210 Å². The summed E-state index contributed by atoms with van der Waals surface area (Å²) in [5.74, 6) is -3.17. The second-order valence-electron chi connectivity index (χ2n) is 10.3. The van der Waals surface area contributed by atoms with E-state index in [1.165, 1.54) is 23.1 Å². The molecule has 1 aliphatic heterocycles. The summed E-state index contributed by atoms with van der Waals surface area (Å²) in [5, 5.41) is 10.1. The predicted molar refractivity (Wildman–Crippen MR) is 129 cm³/mol. The highest BCUT2D eigenvalue weighted by atomic mass is 79.9. The van der Waals surface area contributed by atoms with Crippen molar-refractivity contribution in [2.45, 2.75) is 45.1 Å². The number of nitrogens with zero attached hydrogens (tertiary/aromatic N) is 1. The van der Waals surface area contributed by atoms with Gasteiger partial charge in [-0.3, -0.25) is 24.1 Å². The second kappa shape index (κ2) is 7.75. The molecular weight excluding hydrogens is 522 g/mol. The Morgan fingerprint density at radius 3 is 2.44 bits per heavy atom. The standard InChI is InChI=1S/C26H23BrClNO5/c1-26(2,3)29-24(33)14-7-6-12-15(21(14)25(29)34)9-16-22(19(31)10-17(27)23(16)32)20(12)13-5-4-11(30)8-18(13)28/h4-6,8,10,14-15,20-21,30H,7,9H2,1-3H3. The number of halogens is 2. The molecule has 0 spiro atoms. The van der Waals surface area contributed by atoms with Crippen LogP contribution >= 0.6 is 27.5 Å². The molecule has 1 aromatic carbocycles. The van der Waals surface area contributed by atoms with Gasteiger partial charge in [0.25, 0.3) is 0 Å². The predicted octanol–water partition coefficient (Wildman–Crippen LogP) is 4.61. The van der Waals surface area contributed by atoms with E-state index in [0.717, 1.165) is 5.57 Å². The number of hydrogen-bond donors (Lipinski definition) is 1. The molecule has 4 unspecified atom stereocenters. The van der Waals surface area contributed by atoms with E-state index in [4.69, 9.17) is 11.6 Å². The molecular formula is C26H23BrClNO5. The van der Waals surface area contributed by atoms with Crippen LogP contribution in [0.3, 0.4) is 0 Å². The summed E-state index contributed by atoms with van der Waals surface area (Å²) in [4.78, 5) is 54.6. The molecule has 5 rings (SSSR count). The molecule has 8 heteroatoms. The van der Waals surface area contributed by atoms with E-state index in [2.05, 4.69) is 15.9 Å². The number of amides is 2. The van der Waals surface area contributed by atoms with Crippen molar-refractivity contribution in [1.82, 2.24) is 4.90 Å². The van der Waals surface area contributed by atoms with Crippen molar-refractivity contribution in [3.8, 4) is 5.75 Å². The van der Waals surface area contributed by atoms with Crippen molar-refractivity contribution < 1.29 is 24.3 Å². The average molecular weight is 545 g/mol. The molecule has 0 saturated carbocycles. The van der Waals surface area contributed by atoms with Crippen LogP contribution in [0.2, 0.25) is 5.02 Å². The first-order valence-electron chi connectivity index (χ1n) is 11.2. The third-order valence-corrected chi connectivity index (χ3v) is 8.21. The minimum Gasteiger partial charge on any atom is -0.508 e. The summed E-state index contributed by atoms with van der Waals surface area (Å²) in [5.41, 5.74) is 1.46. The quantitative estimate of drug-likeness (QED) is 0.317. The van der Waals surface area contributed by atoms with Crippen molar-refractivity contribution in [1.29, 1.82) is 0 Å². The van der Waals surface area contributed by atoms with Crippen LogP contribution in [0.25, 0.3) is 0 Å². The lowest BCUT2D eigenvalue weighted by atomic mass is 9.59. The zero-order valence-corrected chi connectivity index (χ0v) is 21.2. The second-order valence-corrected chi connectivity index (χ2v) is 11.5. The summed E-state index contributed by atoms with van der Waals surface area (Å²) >= 11 is 9.74. The van der Waals surface area contributed by atoms with Gasteiger partial charge >= 0.3 is 0 Å². The first-order chi connectivity index (χ1) is 15.9. The van der Waals surface area contributed by atoms with E-state index in [1.54, 1.807) is 6.07 Å². The van der Waals surface area contributed by atoms with Gasteiger partial charge in [-0.1, -0.05) is 29.3 Å². The topological polar surface area (TPSA) is 91.8 Å². The summed E-state index contributed by atoms with van der Waals surface area (Å²) in [7, 11) is 0. The van der Waals surface area contributed by atoms with E-state index >= 15 is 0 Å². The van der Waals surface area contributed by atoms with Crippen LogP contribution in [0, 0.1) is 17.8 Å². The molecule has 34 heavy (non-hydrogen) atoms. The van der Waals surface area contributed by atoms with Gasteiger partial charge in [-0.2, -0.15) is 0 Å². The van der Waals surface area contributed by atoms with Gasteiger partial charge in [-0.15, -0.1) is 0 Å². The van der Waals surface area contributed by atoms with Gasteiger partial charge in [0.15, 0.2) is 11.6 Å². The lowest BCUT2D eigenvalue weighted by Gasteiger charge is -2.42. The highest BCUT2D eigenvalue weighted by Gasteiger charge is 2.58. The molecule has 1 fully saturated rings. The first kappa shape index (κ1) is 23.2. The summed E-state index contributed by atoms with van der Waals surface area (Å²) in [6.45, 7) is 5.50. The summed E-state index contributed by atoms with van der Waals surface area (Å²) < 4.78 is 0.178. The Morgan fingerprint density at radius 1 is 1.09 bits per heavy atom. The zero-order valence-electron chi connectivity index (χ0n) is 18.9. The lowest BCUT2D eigenvalue weighted by molar-refractivity contribution is -0.145. The van der Waals surface area contributed by atoms with Gasteiger partial charge in [0, 0.05) is 33.7 Å². The van der Waals surface area contributed by atoms with Crippen molar-refractivity contribution in [3.63, 3.8) is 0 Å². The van der Waals surface area contributed by atoms with Gasteiger partial charge in [-0.05, 0) is 73.2 Å². The summed E-state index contributed by atoms with van der Waals surface area (Å²) in [6, 6.07) is 4.54. The van der Waals surface area contributed by atoms with Crippen LogP contribution in [0.5, 0.6) is 5.75 Å². The van der Waals surface area contributed by atoms with Gasteiger partial charge in [0.05, 0.1) is 16.3 Å². The maximum absolute atomic E-state index is 13.6. The van der Waals surface area contributed by atoms with Crippen LogP contribution in [0.15, 0.2) is 51.6 Å². The number of likely N-dealkylation sites (tertiary alicyclic amines) is 1. The minimum absolute atomic E-state index is 0.0147. The van der Waals surface area contributed by atoms with E-state index in [0.29, 0.717) is 23.1 Å². The number of allylic oxidation sites excluding steroid dienone is 6. The number of rotatable bonds is 1. The number of phenolic OH excluding ortho intramolecular Hbond substituents is 1. The molecule has 6 nitrogen and oxygen atoms in total. The Morgan fingerprint density at radius 2 is 1.79 bits per heavy atom. The maximum atomic E-state index is 13.6. The SMILES string of the molecule is CC(C)(C)N1C(=O)C2CC=C3C(c4ccc(O)cc4Cl)C4=C(CC3C2C1=O)C(=O)C(Br)=CC4=O. The van der Waals surface area contributed by atoms with Crippen LogP contribution in [-0.2, 0) is 19.2 Å². The van der Waals surface area contributed by atoms with E-state index in [1.807, 2.05) is 26.8 Å². The molecule has 0 bridgehead atoms. The number of benzene rings is 1. The Hall–Kier alpha value is -2.51. The number of fused-ring (bicyclic) bond motifs is 3. The maximum Gasteiger partial charge on any atom is 0.234 e. The molecule has 1 saturated heterocycles. The zero-order chi connectivity index (χ0) is 24.7. The monoisotopic (exact) mass is 543 g/mol. The first-order valence-corrected chi connectivity index (χ1v) is 12.3. The van der Waals surface area contributed by atoms with Crippen molar-refractivity contribution >= 4 is 50.9 Å². The minimum atomic E-state index is -0.660. The van der Waals surface area contributed by atoms with Crippen LogP contribution in [0.1, 0.15) is 45.1 Å². The van der Waals surface area contributed by atoms with E-state index in [9.17, 15) is 24.3 Å². The fourth-order valence-electron chi connectivity index (χ4n) is 5.97. The molecule has 4 aliphatic rings. The average Bonchev–Trinajstić information content (AvgIpc) is 3.01.